The van der Waals surface area contributed by atoms with Gasteiger partial charge in [-0.3, -0.25) is 9.69 Å². The highest BCUT2D eigenvalue weighted by molar-refractivity contribution is 6.31. The molecule has 194 valence electrons. The summed E-state index contributed by atoms with van der Waals surface area (Å²) in [7, 11) is 1.54. The van der Waals surface area contributed by atoms with Crippen molar-refractivity contribution in [2.45, 2.75) is 12.8 Å². The first-order chi connectivity index (χ1) is 17.9. The standard InChI is InChI=1S/C26H28ClFN6O3/c1-3-26(35)33-21-13-20(22(36-2)14-23(21)37-11-10-34-8-4-5-9-34)32-25-15-24(29-16-30-25)31-17-6-7-19(28)18(27)12-17/h3,6-7,12-16H,1,4-5,8-11H2,2H3,(H,33,35)(H2,29,30,31,32). The molecule has 37 heavy (non-hydrogen) atoms. The lowest BCUT2D eigenvalue weighted by molar-refractivity contribution is -0.111. The molecule has 1 aliphatic heterocycles. The summed E-state index contributed by atoms with van der Waals surface area (Å²) in [6.07, 6.45) is 4.97. The third-order valence-corrected chi connectivity index (χ3v) is 6.02. The van der Waals surface area contributed by atoms with Gasteiger partial charge in [0, 0.05) is 24.4 Å². The molecule has 0 aliphatic carbocycles. The normalized spacial score (nSPS) is 13.2. The zero-order chi connectivity index (χ0) is 26.2. The molecule has 0 spiro atoms. The molecule has 11 heteroatoms. The number of nitrogens with zero attached hydrogens (tertiary/aromatic N) is 3. The molecule has 1 aliphatic rings. The van der Waals surface area contributed by atoms with Crippen LogP contribution >= 0.6 is 11.6 Å². The molecule has 0 radical (unpaired) electrons. The molecule has 9 nitrogen and oxygen atoms in total. The minimum Gasteiger partial charge on any atom is -0.494 e. The third kappa shape index (κ3) is 7.08. The van der Waals surface area contributed by atoms with Gasteiger partial charge in [0.15, 0.2) is 0 Å². The van der Waals surface area contributed by atoms with Gasteiger partial charge in [-0.05, 0) is 56.3 Å². The quantitative estimate of drug-likeness (QED) is 0.287. The van der Waals surface area contributed by atoms with E-state index < -0.39 is 5.82 Å². The maximum absolute atomic E-state index is 13.5. The van der Waals surface area contributed by atoms with Crippen molar-refractivity contribution in [2.75, 3.05) is 49.3 Å². The number of amides is 1. The zero-order valence-corrected chi connectivity index (χ0v) is 21.1. The Kier molecular flexibility index (Phi) is 8.76. The van der Waals surface area contributed by atoms with Crippen LogP contribution in [0.5, 0.6) is 11.5 Å². The van der Waals surface area contributed by atoms with Crippen molar-refractivity contribution in [3.05, 3.63) is 66.2 Å². The van der Waals surface area contributed by atoms with Crippen molar-refractivity contribution in [2.24, 2.45) is 0 Å². The number of ether oxygens (including phenoxy) is 2. The van der Waals surface area contributed by atoms with Crippen molar-refractivity contribution in [3.8, 4) is 11.5 Å². The summed E-state index contributed by atoms with van der Waals surface area (Å²) < 4.78 is 25.1. The van der Waals surface area contributed by atoms with Crippen molar-refractivity contribution >= 4 is 46.2 Å². The first kappa shape index (κ1) is 26.2. The molecular weight excluding hydrogens is 499 g/mol. The number of hydrogen-bond donors (Lipinski definition) is 3. The van der Waals surface area contributed by atoms with Gasteiger partial charge in [-0.25, -0.2) is 14.4 Å². The molecule has 0 saturated carbocycles. The highest BCUT2D eigenvalue weighted by atomic mass is 35.5. The van der Waals surface area contributed by atoms with Gasteiger partial charge in [0.1, 0.15) is 41.9 Å². The van der Waals surface area contributed by atoms with E-state index in [0.29, 0.717) is 46.8 Å². The Morgan fingerprint density at radius 2 is 1.86 bits per heavy atom. The zero-order valence-electron chi connectivity index (χ0n) is 20.4. The predicted molar refractivity (Wildman–Crippen MR) is 143 cm³/mol. The number of methoxy groups -OCH3 is 1. The van der Waals surface area contributed by atoms with E-state index in [1.54, 1.807) is 31.4 Å². The van der Waals surface area contributed by atoms with E-state index in [1.165, 1.54) is 37.4 Å². The van der Waals surface area contributed by atoms with Crippen molar-refractivity contribution in [1.82, 2.24) is 14.9 Å². The summed E-state index contributed by atoms with van der Waals surface area (Å²) in [5.41, 5.74) is 1.57. The largest absolute Gasteiger partial charge is 0.494 e. The molecule has 1 amide bonds. The van der Waals surface area contributed by atoms with Gasteiger partial charge in [0.2, 0.25) is 5.91 Å². The topological polar surface area (TPSA) is 101 Å². The van der Waals surface area contributed by atoms with Crippen LogP contribution in [0.15, 0.2) is 55.4 Å². The van der Waals surface area contributed by atoms with Crippen LogP contribution in [0.25, 0.3) is 0 Å². The second-order valence-corrected chi connectivity index (χ2v) is 8.71. The van der Waals surface area contributed by atoms with Gasteiger partial charge in [-0.2, -0.15) is 0 Å². The van der Waals surface area contributed by atoms with E-state index in [2.05, 4.69) is 37.4 Å². The number of anilines is 5. The number of rotatable bonds is 11. The Labute approximate surface area is 219 Å². The van der Waals surface area contributed by atoms with Crippen molar-refractivity contribution < 1.29 is 18.7 Å². The first-order valence-electron chi connectivity index (χ1n) is 11.8. The molecule has 1 aromatic heterocycles. The molecule has 4 rings (SSSR count). The summed E-state index contributed by atoms with van der Waals surface area (Å²) in [5, 5.41) is 9.04. The van der Waals surface area contributed by atoms with Crippen LogP contribution < -0.4 is 25.4 Å². The van der Waals surface area contributed by atoms with Crippen LogP contribution in [-0.2, 0) is 4.79 Å². The third-order valence-electron chi connectivity index (χ3n) is 5.73. The summed E-state index contributed by atoms with van der Waals surface area (Å²) >= 11 is 5.87. The Morgan fingerprint density at radius 1 is 1.11 bits per heavy atom. The Balaban J connectivity index is 1.54. The van der Waals surface area contributed by atoms with Crippen LogP contribution in [0.3, 0.4) is 0 Å². The van der Waals surface area contributed by atoms with Gasteiger partial charge in [-0.1, -0.05) is 18.2 Å². The molecular formula is C26H28ClFN6O3. The fraction of sp³-hybridized carbons (Fsp3) is 0.269. The molecule has 0 unspecified atom stereocenters. The van der Waals surface area contributed by atoms with E-state index in [1.807, 2.05) is 0 Å². The maximum atomic E-state index is 13.5. The molecule has 0 bridgehead atoms. The highest BCUT2D eigenvalue weighted by Gasteiger charge is 2.16. The molecule has 2 heterocycles. The van der Waals surface area contributed by atoms with Crippen LogP contribution in [-0.4, -0.2) is 54.1 Å². The van der Waals surface area contributed by atoms with E-state index >= 15 is 0 Å². The fourth-order valence-corrected chi connectivity index (χ4v) is 4.05. The number of halogens is 2. The fourth-order valence-electron chi connectivity index (χ4n) is 3.87. The number of benzene rings is 2. The summed E-state index contributed by atoms with van der Waals surface area (Å²) in [6.45, 7) is 6.94. The lowest BCUT2D eigenvalue weighted by Crippen LogP contribution is -2.25. The Morgan fingerprint density at radius 3 is 2.57 bits per heavy atom. The van der Waals surface area contributed by atoms with Gasteiger partial charge in [0.25, 0.3) is 0 Å². The number of carbonyl (C=O) groups excluding carboxylic acids is 1. The summed E-state index contributed by atoms with van der Waals surface area (Å²) in [4.78, 5) is 22.9. The second-order valence-electron chi connectivity index (χ2n) is 8.31. The van der Waals surface area contributed by atoms with Gasteiger partial charge in [0.05, 0.1) is 23.5 Å². The van der Waals surface area contributed by atoms with Gasteiger partial charge in [-0.15, -0.1) is 0 Å². The van der Waals surface area contributed by atoms with E-state index in [-0.39, 0.29) is 10.9 Å². The first-order valence-corrected chi connectivity index (χ1v) is 12.1. The lowest BCUT2D eigenvalue weighted by Gasteiger charge is -2.19. The van der Waals surface area contributed by atoms with Crippen molar-refractivity contribution in [1.29, 1.82) is 0 Å². The average Bonchev–Trinajstić information content (AvgIpc) is 3.41. The molecule has 0 atom stereocenters. The van der Waals surface area contributed by atoms with E-state index in [4.69, 9.17) is 21.1 Å². The Hall–Kier alpha value is -3.89. The number of likely N-dealkylation sites (tertiary alicyclic amines) is 1. The molecule has 1 saturated heterocycles. The predicted octanol–water partition coefficient (Wildman–Crippen LogP) is 5.36. The molecule has 2 aromatic carbocycles. The van der Waals surface area contributed by atoms with Gasteiger partial charge < -0.3 is 25.4 Å². The van der Waals surface area contributed by atoms with Gasteiger partial charge >= 0.3 is 0 Å². The number of hydrogen-bond acceptors (Lipinski definition) is 8. The van der Waals surface area contributed by atoms with E-state index in [9.17, 15) is 9.18 Å². The molecule has 3 aromatic rings. The minimum absolute atomic E-state index is 0.000944. The summed E-state index contributed by atoms with van der Waals surface area (Å²) in [5.74, 6) is 1.01. The van der Waals surface area contributed by atoms with Crippen LogP contribution in [0.2, 0.25) is 5.02 Å². The SMILES string of the molecule is C=CC(=O)Nc1cc(Nc2cc(Nc3ccc(F)c(Cl)c3)ncn2)c(OC)cc1OCCN1CCCC1. The maximum Gasteiger partial charge on any atom is 0.247 e. The number of aromatic nitrogens is 2. The highest BCUT2D eigenvalue weighted by Crippen LogP contribution is 2.38. The smallest absolute Gasteiger partial charge is 0.247 e. The molecule has 1 fully saturated rings. The monoisotopic (exact) mass is 526 g/mol. The van der Waals surface area contributed by atoms with Crippen molar-refractivity contribution in [3.63, 3.8) is 0 Å². The number of carbonyl (C=O) groups is 1. The summed E-state index contributed by atoms with van der Waals surface area (Å²) in [6, 6.07) is 9.37. The van der Waals surface area contributed by atoms with Crippen LogP contribution in [0.1, 0.15) is 12.8 Å². The minimum atomic E-state index is -0.507. The average molecular weight is 527 g/mol. The van der Waals surface area contributed by atoms with Crippen LogP contribution in [0.4, 0.5) is 33.1 Å². The van der Waals surface area contributed by atoms with E-state index in [0.717, 1.165) is 19.6 Å². The lowest BCUT2D eigenvalue weighted by atomic mass is 10.2. The van der Waals surface area contributed by atoms with Crippen LogP contribution in [0, 0.1) is 5.82 Å². The molecule has 3 N–H and O–H groups in total. The Bertz CT molecular complexity index is 1270. The number of nitrogens with one attached hydrogen (secondary N) is 3. The second kappa shape index (κ2) is 12.4.